The van der Waals surface area contributed by atoms with Gasteiger partial charge in [-0.2, -0.15) is 0 Å². The molecule has 2 aromatic carbocycles. The highest BCUT2D eigenvalue weighted by atomic mass is 19.2. The Bertz CT molecular complexity index is 837. The first-order valence-corrected chi connectivity index (χ1v) is 8.39. The van der Waals surface area contributed by atoms with E-state index in [0.717, 1.165) is 17.8 Å². The van der Waals surface area contributed by atoms with Crippen LogP contribution < -0.4 is 10.2 Å². The Morgan fingerprint density at radius 2 is 1.70 bits per heavy atom. The number of carbonyl (C=O) groups is 1. The monoisotopic (exact) mass is 376 g/mol. The SMILES string of the molecule is O=C(CN1CCN(c2ccc([N+](=O)[O-])cc2)CC1)Nc1ccc(F)c(F)c1. The third-order valence-corrected chi connectivity index (χ3v) is 4.37. The lowest BCUT2D eigenvalue weighted by Gasteiger charge is -2.35. The number of nitrogens with zero attached hydrogens (tertiary/aromatic N) is 3. The molecule has 2 aromatic rings. The number of carbonyl (C=O) groups excluding carboxylic acids is 1. The summed E-state index contributed by atoms with van der Waals surface area (Å²) >= 11 is 0. The third kappa shape index (κ3) is 4.76. The molecule has 7 nitrogen and oxygen atoms in total. The Morgan fingerprint density at radius 1 is 1.04 bits per heavy atom. The molecule has 0 bridgehead atoms. The van der Waals surface area contributed by atoms with Crippen LogP contribution in [0.3, 0.4) is 0 Å². The van der Waals surface area contributed by atoms with Gasteiger partial charge in [-0.25, -0.2) is 8.78 Å². The van der Waals surface area contributed by atoms with Gasteiger partial charge in [0.2, 0.25) is 5.91 Å². The average molecular weight is 376 g/mol. The van der Waals surface area contributed by atoms with Crippen LogP contribution in [0.15, 0.2) is 42.5 Å². The number of nitro groups is 1. The fourth-order valence-corrected chi connectivity index (χ4v) is 2.93. The molecule has 0 unspecified atom stereocenters. The number of hydrogen-bond acceptors (Lipinski definition) is 5. The van der Waals surface area contributed by atoms with E-state index in [4.69, 9.17) is 0 Å². The molecule has 0 aromatic heterocycles. The number of anilines is 2. The van der Waals surface area contributed by atoms with Gasteiger partial charge < -0.3 is 10.2 Å². The van der Waals surface area contributed by atoms with Crippen LogP contribution in [0.5, 0.6) is 0 Å². The second-order valence-corrected chi connectivity index (χ2v) is 6.21. The third-order valence-electron chi connectivity index (χ3n) is 4.37. The second kappa shape index (κ2) is 8.09. The molecule has 0 aliphatic carbocycles. The van der Waals surface area contributed by atoms with Gasteiger partial charge in [-0.15, -0.1) is 0 Å². The number of nitro benzene ring substituents is 1. The summed E-state index contributed by atoms with van der Waals surface area (Å²) in [4.78, 5) is 26.4. The predicted molar refractivity (Wildman–Crippen MR) is 96.7 cm³/mol. The van der Waals surface area contributed by atoms with E-state index in [1.807, 2.05) is 4.90 Å². The van der Waals surface area contributed by atoms with Crippen LogP contribution in [0.2, 0.25) is 0 Å². The highest BCUT2D eigenvalue weighted by molar-refractivity contribution is 5.92. The van der Waals surface area contributed by atoms with Crippen molar-refractivity contribution >= 4 is 23.0 Å². The minimum atomic E-state index is -1.01. The molecule has 1 aliphatic heterocycles. The Kier molecular flexibility index (Phi) is 5.60. The quantitative estimate of drug-likeness (QED) is 0.641. The van der Waals surface area contributed by atoms with Gasteiger partial charge in [0.15, 0.2) is 11.6 Å². The highest BCUT2D eigenvalue weighted by Crippen LogP contribution is 2.20. The van der Waals surface area contributed by atoms with Gasteiger partial charge in [0.1, 0.15) is 0 Å². The molecule has 3 rings (SSSR count). The molecule has 1 saturated heterocycles. The lowest BCUT2D eigenvalue weighted by molar-refractivity contribution is -0.384. The topological polar surface area (TPSA) is 78.7 Å². The first-order valence-electron chi connectivity index (χ1n) is 8.39. The van der Waals surface area contributed by atoms with Gasteiger partial charge in [-0.3, -0.25) is 19.8 Å². The van der Waals surface area contributed by atoms with E-state index in [1.54, 1.807) is 12.1 Å². The van der Waals surface area contributed by atoms with Crippen LogP contribution >= 0.6 is 0 Å². The zero-order valence-electron chi connectivity index (χ0n) is 14.4. The van der Waals surface area contributed by atoms with Gasteiger partial charge >= 0.3 is 0 Å². The van der Waals surface area contributed by atoms with Crippen molar-refractivity contribution in [2.75, 3.05) is 42.9 Å². The first-order chi connectivity index (χ1) is 12.9. The number of halogens is 2. The van der Waals surface area contributed by atoms with E-state index in [0.29, 0.717) is 26.2 Å². The number of nitrogens with one attached hydrogen (secondary N) is 1. The molecule has 1 fully saturated rings. The smallest absolute Gasteiger partial charge is 0.269 e. The molecule has 1 N–H and O–H groups in total. The summed E-state index contributed by atoms with van der Waals surface area (Å²) in [5, 5.41) is 13.3. The number of non-ortho nitro benzene ring substituents is 1. The molecule has 0 saturated carbocycles. The zero-order valence-corrected chi connectivity index (χ0v) is 14.4. The van der Waals surface area contributed by atoms with Crippen molar-refractivity contribution in [3.8, 4) is 0 Å². The molecule has 9 heteroatoms. The van der Waals surface area contributed by atoms with Gasteiger partial charge in [0.25, 0.3) is 5.69 Å². The van der Waals surface area contributed by atoms with Crippen LogP contribution in [0.4, 0.5) is 25.8 Å². The molecule has 27 heavy (non-hydrogen) atoms. The lowest BCUT2D eigenvalue weighted by atomic mass is 10.2. The normalized spacial score (nSPS) is 14.8. The molecule has 0 radical (unpaired) electrons. The number of hydrogen-bond donors (Lipinski definition) is 1. The summed E-state index contributed by atoms with van der Waals surface area (Å²) in [6.45, 7) is 2.78. The van der Waals surface area contributed by atoms with Crippen LogP contribution in [0, 0.1) is 21.7 Å². The largest absolute Gasteiger partial charge is 0.369 e. The fraction of sp³-hybridized carbons (Fsp3) is 0.278. The van der Waals surface area contributed by atoms with Gasteiger partial charge in [0, 0.05) is 55.8 Å². The summed E-state index contributed by atoms with van der Waals surface area (Å²) in [7, 11) is 0. The number of rotatable bonds is 5. The molecule has 1 heterocycles. The number of benzene rings is 2. The van der Waals surface area contributed by atoms with Crippen molar-refractivity contribution in [3.63, 3.8) is 0 Å². The maximum Gasteiger partial charge on any atom is 0.269 e. The Labute approximate surface area is 154 Å². The fourth-order valence-electron chi connectivity index (χ4n) is 2.93. The van der Waals surface area contributed by atoms with E-state index in [-0.39, 0.29) is 23.8 Å². The Morgan fingerprint density at radius 3 is 2.30 bits per heavy atom. The zero-order chi connectivity index (χ0) is 19.4. The minimum absolute atomic E-state index is 0.0475. The van der Waals surface area contributed by atoms with Crippen molar-refractivity contribution in [1.82, 2.24) is 4.90 Å². The van der Waals surface area contributed by atoms with Crippen LogP contribution in [-0.2, 0) is 4.79 Å². The molecule has 142 valence electrons. The van der Waals surface area contributed by atoms with Crippen molar-refractivity contribution in [1.29, 1.82) is 0 Å². The molecule has 1 aliphatic rings. The first kappa shape index (κ1) is 18.7. The number of piperazine rings is 1. The van der Waals surface area contributed by atoms with E-state index in [9.17, 15) is 23.7 Å². The van der Waals surface area contributed by atoms with Crippen molar-refractivity contribution in [2.45, 2.75) is 0 Å². The van der Waals surface area contributed by atoms with Crippen molar-refractivity contribution < 1.29 is 18.5 Å². The van der Waals surface area contributed by atoms with Crippen molar-refractivity contribution in [3.05, 3.63) is 64.2 Å². The van der Waals surface area contributed by atoms with E-state index in [2.05, 4.69) is 10.2 Å². The number of amides is 1. The lowest BCUT2D eigenvalue weighted by Crippen LogP contribution is -2.48. The standard InChI is InChI=1S/C18H18F2N4O3/c19-16-6-1-13(11-17(16)20)21-18(25)12-22-7-9-23(10-8-22)14-2-4-15(5-3-14)24(26)27/h1-6,11H,7-10,12H2,(H,21,25). The summed E-state index contributed by atoms with van der Waals surface area (Å²) in [5.41, 5.74) is 1.15. The summed E-state index contributed by atoms with van der Waals surface area (Å²) in [6.07, 6.45) is 0. The Balaban J connectivity index is 1.49. The molecule has 1 amide bonds. The van der Waals surface area contributed by atoms with Crippen LogP contribution in [-0.4, -0.2) is 48.5 Å². The predicted octanol–water partition coefficient (Wildman–Crippen LogP) is 2.63. The van der Waals surface area contributed by atoms with Crippen LogP contribution in [0.25, 0.3) is 0 Å². The maximum atomic E-state index is 13.2. The average Bonchev–Trinajstić information content (AvgIpc) is 2.65. The highest BCUT2D eigenvalue weighted by Gasteiger charge is 2.20. The van der Waals surface area contributed by atoms with Gasteiger partial charge in [-0.05, 0) is 24.3 Å². The van der Waals surface area contributed by atoms with Crippen LogP contribution in [0.1, 0.15) is 0 Å². The van der Waals surface area contributed by atoms with E-state index < -0.39 is 16.6 Å². The maximum absolute atomic E-state index is 13.2. The van der Waals surface area contributed by atoms with Crippen molar-refractivity contribution in [2.24, 2.45) is 0 Å². The van der Waals surface area contributed by atoms with E-state index in [1.165, 1.54) is 18.2 Å². The summed E-state index contributed by atoms with van der Waals surface area (Å²) < 4.78 is 26.1. The Hall–Kier alpha value is -3.07. The summed E-state index contributed by atoms with van der Waals surface area (Å²) in [5.74, 6) is -2.27. The minimum Gasteiger partial charge on any atom is -0.369 e. The molecular formula is C18H18F2N4O3. The second-order valence-electron chi connectivity index (χ2n) is 6.21. The molecule has 0 spiro atoms. The van der Waals surface area contributed by atoms with Gasteiger partial charge in [-0.1, -0.05) is 0 Å². The summed E-state index contributed by atoms with van der Waals surface area (Å²) in [6, 6.07) is 9.58. The van der Waals surface area contributed by atoms with E-state index >= 15 is 0 Å². The molecule has 0 atom stereocenters. The van der Waals surface area contributed by atoms with Gasteiger partial charge in [0.05, 0.1) is 11.5 Å². The molecular weight excluding hydrogens is 358 g/mol.